The van der Waals surface area contributed by atoms with Gasteiger partial charge in [-0.3, -0.25) is 24.0 Å². The summed E-state index contributed by atoms with van der Waals surface area (Å²) in [6.45, 7) is 2.13. The number of carboxylic acids is 1. The smallest absolute Gasteiger partial charge is 0.482 e. The summed E-state index contributed by atoms with van der Waals surface area (Å²) >= 11 is 1.46. The van der Waals surface area contributed by atoms with Gasteiger partial charge in [0.15, 0.2) is 6.61 Å². The van der Waals surface area contributed by atoms with Crippen molar-refractivity contribution in [3.05, 3.63) is 106 Å². The first kappa shape index (κ1) is 46.6. The minimum absolute atomic E-state index is 0.0918. The van der Waals surface area contributed by atoms with Crippen LogP contribution in [0.1, 0.15) is 55.2 Å². The summed E-state index contributed by atoms with van der Waals surface area (Å²) < 4.78 is 48.2. The van der Waals surface area contributed by atoms with Crippen molar-refractivity contribution in [2.24, 2.45) is 5.73 Å². The number of carboxylic acid groups (broad SMARTS) is 1. The maximum Gasteiger partial charge on any atom is 0.490 e. The lowest BCUT2D eigenvalue weighted by Gasteiger charge is -2.24. The standard InChI is InChI=1S/C39H43N7O8S.C2HF3O2/c40-32(20-30-23-55-24-43-30)38(50)42-13-15-53-17-16-52-14-12-41-36(48)27-2-1-3-29(18-27)44-37(49)26-6-4-25(5-7-26)21-46(31-9-10-31)39(51)28-8-11-33-34(19-28)54-22-35(47)45-33;3-2(4,5)1(6)7/h1-8,11,18-19,23-24,31-32H,9-10,12-17,20-22,40H2,(H,41,48)(H,42,50)(H,44,49)(H,45,47);(H,6,7)/t32-;/m0./s1. The topological polar surface area (TPSA) is 241 Å². The molecule has 0 spiro atoms. The van der Waals surface area contributed by atoms with E-state index in [0.717, 1.165) is 24.1 Å². The van der Waals surface area contributed by atoms with Gasteiger partial charge in [-0.15, -0.1) is 11.3 Å². The zero-order valence-electron chi connectivity index (χ0n) is 33.1. The first-order valence-electron chi connectivity index (χ1n) is 19.2. The summed E-state index contributed by atoms with van der Waals surface area (Å²) in [5.41, 5.74) is 11.6. The fourth-order valence-electron chi connectivity index (χ4n) is 5.72. The maximum absolute atomic E-state index is 13.5. The second-order valence-electron chi connectivity index (χ2n) is 13.8. The Bertz CT molecular complexity index is 2190. The fourth-order valence-corrected chi connectivity index (χ4v) is 6.29. The van der Waals surface area contributed by atoms with Crippen molar-refractivity contribution in [2.75, 3.05) is 56.8 Å². The molecule has 2 aliphatic rings. The molecule has 3 aromatic carbocycles. The predicted molar refractivity (Wildman–Crippen MR) is 219 cm³/mol. The summed E-state index contributed by atoms with van der Waals surface area (Å²) in [6.07, 6.45) is -2.87. The van der Waals surface area contributed by atoms with E-state index >= 15 is 0 Å². The number of hydrogen-bond acceptors (Lipinski definition) is 12. The van der Waals surface area contributed by atoms with E-state index in [1.807, 2.05) is 22.4 Å². The molecule has 1 atom stereocenters. The van der Waals surface area contributed by atoms with Crippen molar-refractivity contribution >= 4 is 58.2 Å². The zero-order valence-corrected chi connectivity index (χ0v) is 33.9. The number of amides is 5. The van der Waals surface area contributed by atoms with Crippen LogP contribution in [0.25, 0.3) is 0 Å². The van der Waals surface area contributed by atoms with Crippen molar-refractivity contribution in [2.45, 2.75) is 44.1 Å². The van der Waals surface area contributed by atoms with Crippen LogP contribution < -0.4 is 31.7 Å². The van der Waals surface area contributed by atoms with E-state index in [4.69, 9.17) is 29.8 Å². The molecular formula is C41H44F3N7O10S. The van der Waals surface area contributed by atoms with Crippen LogP contribution in [-0.4, -0.2) is 115 Å². The van der Waals surface area contributed by atoms with Gasteiger partial charge in [0.2, 0.25) is 5.91 Å². The van der Waals surface area contributed by atoms with Crippen LogP contribution in [-0.2, 0) is 36.8 Å². The number of carbonyl (C=O) groups is 6. The van der Waals surface area contributed by atoms with Crippen LogP contribution in [0.15, 0.2) is 77.6 Å². The molecule has 0 bridgehead atoms. The number of ether oxygens (including phenoxy) is 3. The Hall–Kier alpha value is -6.42. The average Bonchev–Trinajstić information content (AvgIpc) is 3.97. The third-order valence-electron chi connectivity index (χ3n) is 9.00. The van der Waals surface area contributed by atoms with E-state index in [9.17, 15) is 37.1 Å². The van der Waals surface area contributed by atoms with Crippen molar-refractivity contribution in [1.82, 2.24) is 20.5 Å². The third kappa shape index (κ3) is 14.6. The Morgan fingerprint density at radius 1 is 0.919 bits per heavy atom. The van der Waals surface area contributed by atoms with Gasteiger partial charge in [-0.05, 0) is 66.9 Å². The van der Waals surface area contributed by atoms with E-state index in [1.165, 1.54) is 11.3 Å². The first-order valence-corrected chi connectivity index (χ1v) is 20.1. The Kier molecular flexibility index (Phi) is 16.9. The summed E-state index contributed by atoms with van der Waals surface area (Å²) in [5.74, 6) is -3.57. The number of hydrogen-bond donors (Lipinski definition) is 6. The number of aliphatic carboxylic acids is 1. The minimum atomic E-state index is -5.08. The van der Waals surface area contributed by atoms with Gasteiger partial charge in [0, 0.05) is 59.9 Å². The molecule has 0 radical (unpaired) electrons. The zero-order chi connectivity index (χ0) is 44.6. The molecule has 5 amide bonds. The number of nitrogens with zero attached hydrogens (tertiary/aromatic N) is 2. The van der Waals surface area contributed by atoms with Gasteiger partial charge in [-0.2, -0.15) is 13.2 Å². The molecule has 7 N–H and O–H groups in total. The highest BCUT2D eigenvalue weighted by Gasteiger charge is 2.38. The van der Waals surface area contributed by atoms with Crippen molar-refractivity contribution in [3.63, 3.8) is 0 Å². The normalized spacial score (nSPS) is 13.5. The van der Waals surface area contributed by atoms with Crippen molar-refractivity contribution in [3.8, 4) is 5.75 Å². The minimum Gasteiger partial charge on any atom is -0.482 e. The highest BCUT2D eigenvalue weighted by atomic mass is 32.1. The Balaban J connectivity index is 0.000000955. The van der Waals surface area contributed by atoms with Gasteiger partial charge >= 0.3 is 12.1 Å². The molecule has 1 aliphatic carbocycles. The average molecular weight is 884 g/mol. The second kappa shape index (κ2) is 22.4. The van der Waals surface area contributed by atoms with Crippen LogP contribution in [0.2, 0.25) is 0 Å². The summed E-state index contributed by atoms with van der Waals surface area (Å²) in [6, 6.07) is 18.2. The maximum atomic E-state index is 13.5. The summed E-state index contributed by atoms with van der Waals surface area (Å²) in [7, 11) is 0. The number of anilines is 2. The van der Waals surface area contributed by atoms with Crippen LogP contribution in [0.3, 0.4) is 0 Å². The molecule has 330 valence electrons. The highest BCUT2D eigenvalue weighted by molar-refractivity contribution is 7.07. The number of carbonyl (C=O) groups excluding carboxylic acids is 5. The number of nitrogens with one attached hydrogen (secondary N) is 4. The predicted octanol–water partition coefficient (Wildman–Crippen LogP) is 3.61. The molecule has 17 nitrogen and oxygen atoms in total. The van der Waals surface area contributed by atoms with Crippen molar-refractivity contribution < 1.29 is 61.3 Å². The molecule has 62 heavy (non-hydrogen) atoms. The van der Waals surface area contributed by atoms with Gasteiger partial charge in [0.05, 0.1) is 49.4 Å². The second-order valence-corrected chi connectivity index (χ2v) is 14.5. The number of thiazole rings is 1. The van der Waals surface area contributed by atoms with Crippen LogP contribution in [0.4, 0.5) is 24.5 Å². The number of aromatic nitrogens is 1. The molecule has 1 fully saturated rings. The lowest BCUT2D eigenvalue weighted by Crippen LogP contribution is -2.43. The molecule has 1 aliphatic heterocycles. The molecule has 1 saturated carbocycles. The van der Waals surface area contributed by atoms with E-state index in [0.29, 0.717) is 73.1 Å². The lowest BCUT2D eigenvalue weighted by atomic mass is 10.1. The van der Waals surface area contributed by atoms with Gasteiger partial charge in [-0.1, -0.05) is 18.2 Å². The van der Waals surface area contributed by atoms with Gasteiger partial charge < -0.3 is 51.2 Å². The summed E-state index contributed by atoms with van der Waals surface area (Å²) in [4.78, 5) is 77.9. The molecule has 4 aromatic rings. The fraction of sp³-hybridized carbons (Fsp3) is 0.341. The van der Waals surface area contributed by atoms with Crippen molar-refractivity contribution in [1.29, 1.82) is 0 Å². The molecule has 21 heteroatoms. The molecule has 0 saturated heterocycles. The monoisotopic (exact) mass is 883 g/mol. The number of rotatable bonds is 19. The number of halogens is 3. The molecule has 1 aromatic heterocycles. The summed E-state index contributed by atoms with van der Waals surface area (Å²) in [5, 5.41) is 20.1. The van der Waals surface area contributed by atoms with E-state index < -0.39 is 18.2 Å². The van der Waals surface area contributed by atoms with Gasteiger partial charge in [-0.25, -0.2) is 9.78 Å². The van der Waals surface area contributed by atoms with Crippen LogP contribution >= 0.6 is 11.3 Å². The lowest BCUT2D eigenvalue weighted by molar-refractivity contribution is -0.192. The van der Waals surface area contributed by atoms with E-state index in [1.54, 1.807) is 60.1 Å². The molecular weight excluding hydrogens is 840 g/mol. The Morgan fingerprint density at radius 3 is 2.24 bits per heavy atom. The van der Waals surface area contributed by atoms with E-state index in [2.05, 4.69) is 26.3 Å². The van der Waals surface area contributed by atoms with Crippen LogP contribution in [0.5, 0.6) is 5.75 Å². The van der Waals surface area contributed by atoms with E-state index in [-0.39, 0.29) is 55.3 Å². The number of fused-ring (bicyclic) bond motifs is 1. The Labute approximate surface area is 357 Å². The highest BCUT2D eigenvalue weighted by Crippen LogP contribution is 2.33. The number of nitrogens with two attached hydrogens (primary N) is 1. The van der Waals surface area contributed by atoms with Crippen LogP contribution in [0, 0.1) is 0 Å². The SMILES string of the molecule is N[C@@H](Cc1cscn1)C(=O)NCCOCCOCCNC(=O)c1cccc(NC(=O)c2ccc(CN(C(=O)c3ccc4c(c3)OCC(=O)N4)C3CC3)cc2)c1.O=C(O)C(F)(F)F. The third-order valence-corrected chi connectivity index (χ3v) is 9.64. The Morgan fingerprint density at radius 2 is 1.60 bits per heavy atom. The molecule has 0 unspecified atom stereocenters. The number of alkyl halides is 3. The van der Waals surface area contributed by atoms with Gasteiger partial charge in [0.1, 0.15) is 5.75 Å². The molecule has 6 rings (SSSR count). The largest absolute Gasteiger partial charge is 0.490 e. The first-order chi connectivity index (χ1) is 29.7. The quantitative estimate of drug-likeness (QED) is 0.0741. The van der Waals surface area contributed by atoms with Gasteiger partial charge in [0.25, 0.3) is 23.6 Å². The number of benzene rings is 3. The molecule has 2 heterocycles.